The Hall–Kier alpha value is -0.910. The van der Waals surface area contributed by atoms with Gasteiger partial charge in [-0.3, -0.25) is 4.21 Å². The molecule has 0 aromatic heterocycles. The summed E-state index contributed by atoms with van der Waals surface area (Å²) in [7, 11) is -0.899. The maximum absolute atomic E-state index is 13.0. The van der Waals surface area contributed by atoms with Crippen LogP contribution in [-0.4, -0.2) is 41.1 Å². The molecule has 0 radical (unpaired) electrons. The number of hydrogen-bond acceptors (Lipinski definition) is 4. The van der Waals surface area contributed by atoms with Gasteiger partial charge in [-0.1, -0.05) is 25.1 Å². The molecule has 0 amide bonds. The van der Waals surface area contributed by atoms with Crippen LogP contribution in [0.15, 0.2) is 24.3 Å². The van der Waals surface area contributed by atoms with Crippen LogP contribution in [0.3, 0.4) is 0 Å². The monoisotopic (exact) mass is 309 g/mol. The summed E-state index contributed by atoms with van der Waals surface area (Å²) in [6.45, 7) is 4.94. The van der Waals surface area contributed by atoms with Crippen molar-refractivity contribution in [3.8, 4) is 5.75 Å². The average molecular weight is 309 g/mol. The Bertz CT molecular complexity index is 502. The molecular weight excluding hydrogens is 286 g/mol. The van der Waals surface area contributed by atoms with E-state index in [-0.39, 0.29) is 16.5 Å². The van der Waals surface area contributed by atoms with Crippen molar-refractivity contribution in [2.75, 3.05) is 26.4 Å². The summed E-state index contributed by atoms with van der Waals surface area (Å²) in [5.41, 5.74) is 1.14. The van der Waals surface area contributed by atoms with Crippen LogP contribution >= 0.6 is 0 Å². The summed E-state index contributed by atoms with van der Waals surface area (Å²) in [6.07, 6.45) is 1.78. The van der Waals surface area contributed by atoms with E-state index in [0.717, 1.165) is 43.9 Å². The molecule has 3 unspecified atom stereocenters. The number of benzene rings is 1. The average Bonchev–Trinajstić information content (AvgIpc) is 2.55. The molecule has 4 nitrogen and oxygen atoms in total. The molecule has 0 spiro atoms. The molecule has 21 heavy (non-hydrogen) atoms. The Morgan fingerprint density at radius 1 is 1.29 bits per heavy atom. The van der Waals surface area contributed by atoms with Crippen LogP contribution in [0.5, 0.6) is 5.75 Å². The molecule has 2 aliphatic rings. The zero-order valence-corrected chi connectivity index (χ0v) is 13.2. The van der Waals surface area contributed by atoms with Gasteiger partial charge in [0.15, 0.2) is 0 Å². The van der Waals surface area contributed by atoms with Gasteiger partial charge in [0.05, 0.1) is 11.3 Å². The van der Waals surface area contributed by atoms with Gasteiger partial charge in [-0.05, 0) is 25.5 Å². The zero-order valence-electron chi connectivity index (χ0n) is 12.4. The third-order valence-electron chi connectivity index (χ3n) is 4.25. The Morgan fingerprint density at radius 2 is 2.05 bits per heavy atom. The van der Waals surface area contributed by atoms with Crippen LogP contribution in [-0.2, 0) is 15.5 Å². The molecular formula is C16H23NO3S. The second-order valence-corrected chi connectivity index (χ2v) is 7.49. The zero-order chi connectivity index (χ0) is 14.7. The van der Waals surface area contributed by atoms with Crippen molar-refractivity contribution in [1.82, 2.24) is 5.32 Å². The lowest BCUT2D eigenvalue weighted by Crippen LogP contribution is -2.45. The summed E-state index contributed by atoms with van der Waals surface area (Å²) in [5, 5.41) is 3.76. The van der Waals surface area contributed by atoms with Crippen LogP contribution in [0, 0.1) is 0 Å². The van der Waals surface area contributed by atoms with Crippen molar-refractivity contribution in [3.63, 3.8) is 0 Å². The number of rotatable bonds is 4. The molecule has 1 N–H and O–H groups in total. The van der Waals surface area contributed by atoms with Gasteiger partial charge in [-0.2, -0.15) is 0 Å². The highest BCUT2D eigenvalue weighted by Crippen LogP contribution is 2.35. The molecule has 1 fully saturated rings. The quantitative estimate of drug-likeness (QED) is 0.924. The second-order valence-electron chi connectivity index (χ2n) is 5.56. The lowest BCUT2D eigenvalue weighted by atomic mass is 10.0. The van der Waals surface area contributed by atoms with Crippen molar-refractivity contribution in [1.29, 1.82) is 0 Å². The van der Waals surface area contributed by atoms with Gasteiger partial charge in [0.25, 0.3) is 0 Å². The van der Waals surface area contributed by atoms with Crippen molar-refractivity contribution >= 4 is 10.8 Å². The molecule has 5 heteroatoms. The lowest BCUT2D eigenvalue weighted by Gasteiger charge is -2.36. The minimum Gasteiger partial charge on any atom is -0.492 e. The van der Waals surface area contributed by atoms with Gasteiger partial charge in [0, 0.05) is 34.8 Å². The fourth-order valence-electron chi connectivity index (χ4n) is 3.16. The Morgan fingerprint density at radius 3 is 2.81 bits per heavy atom. The molecule has 2 heterocycles. The maximum Gasteiger partial charge on any atom is 0.124 e. The highest BCUT2D eigenvalue weighted by molar-refractivity contribution is 7.86. The van der Waals surface area contributed by atoms with E-state index in [1.54, 1.807) is 0 Å². The van der Waals surface area contributed by atoms with E-state index >= 15 is 0 Å². The predicted octanol–water partition coefficient (Wildman–Crippen LogP) is 2.03. The number of ether oxygens (including phenoxy) is 2. The minimum atomic E-state index is -0.899. The number of para-hydroxylation sites is 1. The highest BCUT2D eigenvalue weighted by Gasteiger charge is 2.37. The number of hydrogen-bond donors (Lipinski definition) is 1. The molecule has 1 aromatic rings. The van der Waals surface area contributed by atoms with Crippen molar-refractivity contribution < 1.29 is 13.7 Å². The third-order valence-corrected chi connectivity index (χ3v) is 6.38. The topological polar surface area (TPSA) is 47.6 Å². The first-order chi connectivity index (χ1) is 10.3. The van der Waals surface area contributed by atoms with E-state index in [4.69, 9.17) is 9.47 Å². The SMILES string of the molecule is CCNC1c2ccccc2OCC1S(=O)C1CCOCC1. The fraction of sp³-hybridized carbons (Fsp3) is 0.625. The van der Waals surface area contributed by atoms with Crippen molar-refractivity contribution in [3.05, 3.63) is 29.8 Å². The van der Waals surface area contributed by atoms with Crippen LogP contribution in [0.1, 0.15) is 31.4 Å². The molecule has 0 aliphatic carbocycles. The van der Waals surface area contributed by atoms with Crippen LogP contribution in [0.4, 0.5) is 0 Å². The van der Waals surface area contributed by atoms with E-state index in [9.17, 15) is 4.21 Å². The van der Waals surface area contributed by atoms with Crippen LogP contribution in [0.2, 0.25) is 0 Å². The van der Waals surface area contributed by atoms with Gasteiger partial charge in [0.1, 0.15) is 12.4 Å². The molecule has 3 atom stereocenters. The molecule has 2 aliphatic heterocycles. The van der Waals surface area contributed by atoms with Crippen LogP contribution < -0.4 is 10.1 Å². The summed E-state index contributed by atoms with van der Waals surface area (Å²) in [6, 6.07) is 8.19. The Balaban J connectivity index is 1.82. The maximum atomic E-state index is 13.0. The molecule has 1 aromatic carbocycles. The largest absolute Gasteiger partial charge is 0.492 e. The first-order valence-electron chi connectivity index (χ1n) is 7.73. The van der Waals surface area contributed by atoms with Gasteiger partial charge >= 0.3 is 0 Å². The first kappa shape index (κ1) is 15.0. The molecule has 0 bridgehead atoms. The summed E-state index contributed by atoms with van der Waals surface area (Å²) in [4.78, 5) is 0. The van der Waals surface area contributed by atoms with E-state index in [2.05, 4.69) is 18.3 Å². The molecule has 116 valence electrons. The highest BCUT2D eigenvalue weighted by atomic mass is 32.2. The predicted molar refractivity (Wildman–Crippen MR) is 84.1 cm³/mol. The van der Waals surface area contributed by atoms with Crippen molar-refractivity contribution in [2.24, 2.45) is 0 Å². The molecule has 1 saturated heterocycles. The Kier molecular flexibility index (Phi) is 4.93. The second kappa shape index (κ2) is 6.90. The first-order valence-corrected chi connectivity index (χ1v) is 9.01. The van der Waals surface area contributed by atoms with E-state index < -0.39 is 10.8 Å². The molecule has 0 saturated carbocycles. The van der Waals surface area contributed by atoms with Gasteiger partial charge in [-0.25, -0.2) is 0 Å². The Labute approximate surface area is 128 Å². The van der Waals surface area contributed by atoms with Gasteiger partial charge in [0.2, 0.25) is 0 Å². The van der Waals surface area contributed by atoms with Crippen LogP contribution in [0.25, 0.3) is 0 Å². The lowest BCUT2D eigenvalue weighted by molar-refractivity contribution is 0.0988. The van der Waals surface area contributed by atoms with Gasteiger partial charge < -0.3 is 14.8 Å². The third kappa shape index (κ3) is 3.15. The summed E-state index contributed by atoms with van der Waals surface area (Å²) < 4.78 is 24.2. The number of fused-ring (bicyclic) bond motifs is 1. The molecule has 3 rings (SSSR count). The standard InChI is InChI=1S/C16H23NO3S/c1-2-17-16-13-5-3-4-6-14(13)20-11-15(16)21(18)12-7-9-19-10-8-12/h3-6,12,15-17H,2,7-11H2,1H3. The minimum absolute atomic E-state index is 0.0166. The van der Waals surface area contributed by atoms with Crippen molar-refractivity contribution in [2.45, 2.75) is 36.3 Å². The summed E-state index contributed by atoms with van der Waals surface area (Å²) in [5.74, 6) is 0.920. The van der Waals surface area contributed by atoms with E-state index in [1.165, 1.54) is 0 Å². The smallest absolute Gasteiger partial charge is 0.124 e. The summed E-state index contributed by atoms with van der Waals surface area (Å²) >= 11 is 0. The number of nitrogens with one attached hydrogen (secondary N) is 1. The van der Waals surface area contributed by atoms with E-state index in [0.29, 0.717) is 6.61 Å². The van der Waals surface area contributed by atoms with Gasteiger partial charge in [-0.15, -0.1) is 0 Å². The van der Waals surface area contributed by atoms with E-state index in [1.807, 2.05) is 18.2 Å². The fourth-order valence-corrected chi connectivity index (χ4v) is 5.02. The normalized spacial score (nSPS) is 27.7.